The third kappa shape index (κ3) is 41.6. The van der Waals surface area contributed by atoms with Gasteiger partial charge in [0.25, 0.3) is 0 Å². The number of nitrogens with zero attached hydrogens (tertiary/aromatic N) is 2. The molecule has 0 unspecified atom stereocenters. The summed E-state index contributed by atoms with van der Waals surface area (Å²) in [6, 6.07) is 0. The van der Waals surface area contributed by atoms with Crippen LogP contribution in [0.4, 0.5) is 0 Å². The second-order valence-corrected chi connectivity index (χ2v) is 18.5. The largest absolute Gasteiger partial charge is 0.461 e. The Bertz CT molecular complexity index is 954. The Hall–Kier alpha value is -2.15. The van der Waals surface area contributed by atoms with Gasteiger partial charge in [-0.2, -0.15) is 0 Å². The molecule has 0 aliphatic carbocycles. The fourth-order valence-electron chi connectivity index (χ4n) is 8.20. The van der Waals surface area contributed by atoms with E-state index >= 15 is 0 Å². The first-order valence-corrected chi connectivity index (χ1v) is 26.3. The molecule has 0 aromatic rings. The van der Waals surface area contributed by atoms with Gasteiger partial charge in [-0.1, -0.05) is 193 Å². The second-order valence-electron chi connectivity index (χ2n) is 18.5. The molecule has 0 aromatic carbocycles. The average Bonchev–Trinajstić information content (AvgIpc) is 3.24. The molecule has 0 rings (SSSR count). The van der Waals surface area contributed by atoms with Crippen molar-refractivity contribution in [3.63, 3.8) is 0 Å². The molecule has 0 bridgehead atoms. The van der Waals surface area contributed by atoms with Crippen molar-refractivity contribution in [3.05, 3.63) is 24.3 Å². The van der Waals surface area contributed by atoms with E-state index < -0.39 is 0 Å². The van der Waals surface area contributed by atoms with E-state index in [4.69, 9.17) is 9.47 Å². The molecule has 1 amide bonds. The van der Waals surface area contributed by atoms with Crippen LogP contribution >= 0.6 is 0 Å². The molecule has 0 saturated carbocycles. The van der Waals surface area contributed by atoms with Gasteiger partial charge in [0.2, 0.25) is 5.91 Å². The van der Waals surface area contributed by atoms with Gasteiger partial charge in [-0.05, 0) is 90.3 Å². The Morgan fingerprint density at radius 1 is 0.410 bits per heavy atom. The van der Waals surface area contributed by atoms with Gasteiger partial charge in [-0.25, -0.2) is 0 Å². The summed E-state index contributed by atoms with van der Waals surface area (Å²) in [5, 5.41) is 0. The van der Waals surface area contributed by atoms with Crippen LogP contribution < -0.4 is 0 Å². The molecule has 61 heavy (non-hydrogen) atoms. The van der Waals surface area contributed by atoms with Crippen LogP contribution in [0.5, 0.6) is 0 Å². The van der Waals surface area contributed by atoms with Crippen LogP contribution in [-0.4, -0.2) is 74.6 Å². The standard InChI is InChI=1S/C54H102N2O5/c1-7-11-25-36-50(37-26-12-8-2)40-34-48-60-53(58)43-29-21-17-15-19-23-31-46-56(52(57)42-33-45-55(5)6)47-32-24-20-16-18-22-30-44-54(59)61-49-35-41-51(38-27-13-9-3)39-28-14-10-4/h34-35,40-41,50-51H,7-33,36-39,42-49H2,1-6H3. The van der Waals surface area contributed by atoms with E-state index in [1.165, 1.54) is 128 Å². The lowest BCUT2D eigenvalue weighted by Gasteiger charge is -2.23. The summed E-state index contributed by atoms with van der Waals surface area (Å²) in [4.78, 5) is 42.0. The minimum Gasteiger partial charge on any atom is -0.461 e. The minimum atomic E-state index is -0.0690. The summed E-state index contributed by atoms with van der Waals surface area (Å²) in [6.07, 6.45) is 47.1. The number of allylic oxidation sites excluding steroid dienone is 2. The molecular formula is C54H102N2O5. The molecule has 358 valence electrons. The summed E-state index contributed by atoms with van der Waals surface area (Å²) < 4.78 is 11.0. The maximum Gasteiger partial charge on any atom is 0.306 e. The van der Waals surface area contributed by atoms with Crippen LogP contribution in [0.1, 0.15) is 246 Å². The molecule has 0 spiro atoms. The monoisotopic (exact) mass is 859 g/mol. The molecule has 0 aliphatic rings. The highest BCUT2D eigenvalue weighted by Crippen LogP contribution is 2.21. The van der Waals surface area contributed by atoms with Crippen molar-refractivity contribution in [3.8, 4) is 0 Å². The number of carbonyl (C=O) groups is 3. The van der Waals surface area contributed by atoms with E-state index in [9.17, 15) is 14.4 Å². The van der Waals surface area contributed by atoms with Gasteiger partial charge in [0, 0.05) is 32.4 Å². The number of hydrogen-bond donors (Lipinski definition) is 0. The summed E-state index contributed by atoms with van der Waals surface area (Å²) in [5.74, 6) is 1.41. The maximum atomic E-state index is 13.2. The first-order valence-electron chi connectivity index (χ1n) is 26.3. The number of rotatable bonds is 46. The lowest BCUT2D eigenvalue weighted by Crippen LogP contribution is -2.33. The predicted octanol–water partition coefficient (Wildman–Crippen LogP) is 15.2. The molecule has 7 nitrogen and oxygen atoms in total. The summed E-state index contributed by atoms with van der Waals surface area (Å²) >= 11 is 0. The summed E-state index contributed by atoms with van der Waals surface area (Å²) in [6.45, 7) is 12.5. The van der Waals surface area contributed by atoms with E-state index in [0.717, 1.165) is 90.3 Å². The highest BCUT2D eigenvalue weighted by molar-refractivity contribution is 5.76. The van der Waals surface area contributed by atoms with Gasteiger partial charge in [-0.15, -0.1) is 0 Å². The quantitative estimate of drug-likeness (QED) is 0.0345. The highest BCUT2D eigenvalue weighted by atomic mass is 16.5. The number of hydrogen-bond acceptors (Lipinski definition) is 6. The fourth-order valence-corrected chi connectivity index (χ4v) is 8.20. The SMILES string of the molecule is CCCCCC(C=CCOC(=O)CCCCCCCCCN(CCCCCCCCCC(=O)OCC=CC(CCCCC)CCCCC)C(=O)CCCN(C)C)CCCCC. The Balaban J connectivity index is 4.22. The van der Waals surface area contributed by atoms with Crippen LogP contribution in [-0.2, 0) is 23.9 Å². The van der Waals surface area contributed by atoms with Crippen LogP contribution in [0.25, 0.3) is 0 Å². The zero-order chi connectivity index (χ0) is 44.9. The van der Waals surface area contributed by atoms with Gasteiger partial charge in [0.05, 0.1) is 0 Å². The van der Waals surface area contributed by atoms with Crippen molar-refractivity contribution in [2.45, 2.75) is 246 Å². The fraction of sp³-hybridized carbons (Fsp3) is 0.870. The normalized spacial score (nSPS) is 11.9. The van der Waals surface area contributed by atoms with Crippen molar-refractivity contribution in [2.75, 3.05) is 46.9 Å². The molecule has 0 N–H and O–H groups in total. The van der Waals surface area contributed by atoms with E-state index in [0.29, 0.717) is 50.2 Å². The third-order valence-electron chi connectivity index (χ3n) is 12.2. The molecule has 0 aromatic heterocycles. The van der Waals surface area contributed by atoms with Crippen molar-refractivity contribution in [1.82, 2.24) is 9.80 Å². The van der Waals surface area contributed by atoms with Crippen LogP contribution in [0.2, 0.25) is 0 Å². The lowest BCUT2D eigenvalue weighted by molar-refractivity contribution is -0.143. The second kappa shape index (κ2) is 45.9. The van der Waals surface area contributed by atoms with Crippen molar-refractivity contribution < 1.29 is 23.9 Å². The van der Waals surface area contributed by atoms with Crippen molar-refractivity contribution in [2.24, 2.45) is 11.8 Å². The van der Waals surface area contributed by atoms with Crippen molar-refractivity contribution >= 4 is 17.8 Å². The van der Waals surface area contributed by atoms with E-state index in [1.54, 1.807) is 0 Å². The zero-order valence-corrected chi connectivity index (χ0v) is 41.5. The van der Waals surface area contributed by atoms with Gasteiger partial charge in [0.1, 0.15) is 13.2 Å². The number of esters is 2. The summed E-state index contributed by atoms with van der Waals surface area (Å²) in [7, 11) is 4.14. The molecule has 7 heteroatoms. The van der Waals surface area contributed by atoms with Gasteiger partial charge in [-0.3, -0.25) is 14.4 Å². The maximum absolute atomic E-state index is 13.2. The average molecular weight is 859 g/mol. The molecule has 0 atom stereocenters. The number of carbonyl (C=O) groups excluding carboxylic acids is 3. The Kier molecular flexibility index (Phi) is 44.2. The van der Waals surface area contributed by atoms with E-state index in [2.05, 4.69) is 75.9 Å². The van der Waals surface area contributed by atoms with E-state index in [1.807, 2.05) is 0 Å². The Labute approximate surface area is 379 Å². The lowest BCUT2D eigenvalue weighted by atomic mass is 9.94. The zero-order valence-electron chi connectivity index (χ0n) is 41.5. The van der Waals surface area contributed by atoms with Crippen molar-refractivity contribution in [1.29, 1.82) is 0 Å². The third-order valence-corrected chi connectivity index (χ3v) is 12.2. The number of amides is 1. The van der Waals surface area contributed by atoms with E-state index in [-0.39, 0.29) is 11.9 Å². The Morgan fingerprint density at radius 3 is 1.10 bits per heavy atom. The topological polar surface area (TPSA) is 76.1 Å². The van der Waals surface area contributed by atoms with Gasteiger partial charge >= 0.3 is 11.9 Å². The van der Waals surface area contributed by atoms with Crippen LogP contribution in [0.3, 0.4) is 0 Å². The summed E-state index contributed by atoms with van der Waals surface area (Å²) in [5.41, 5.74) is 0. The molecule has 0 heterocycles. The molecule has 0 aliphatic heterocycles. The molecular weight excluding hydrogens is 757 g/mol. The van der Waals surface area contributed by atoms with Gasteiger partial charge in [0.15, 0.2) is 0 Å². The Morgan fingerprint density at radius 2 is 0.754 bits per heavy atom. The smallest absolute Gasteiger partial charge is 0.306 e. The number of unbranched alkanes of at least 4 members (excludes halogenated alkanes) is 20. The highest BCUT2D eigenvalue weighted by Gasteiger charge is 2.13. The van der Waals surface area contributed by atoms with Crippen LogP contribution in [0, 0.1) is 11.8 Å². The molecule has 0 saturated heterocycles. The first-order chi connectivity index (χ1) is 29.8. The first kappa shape index (κ1) is 58.9. The van der Waals surface area contributed by atoms with Gasteiger partial charge < -0.3 is 19.3 Å². The number of ether oxygens (including phenoxy) is 2. The van der Waals surface area contributed by atoms with Crippen LogP contribution in [0.15, 0.2) is 24.3 Å². The molecule has 0 radical (unpaired) electrons. The molecule has 0 fully saturated rings. The minimum absolute atomic E-state index is 0.0690. The predicted molar refractivity (Wildman–Crippen MR) is 262 cm³/mol.